The fourth-order valence-electron chi connectivity index (χ4n) is 2.26. The lowest BCUT2D eigenvalue weighted by atomic mass is 9.87. The van der Waals surface area contributed by atoms with Gasteiger partial charge in [0.1, 0.15) is 11.2 Å². The molecule has 2 rings (SSSR count). The highest BCUT2D eigenvalue weighted by atomic mass is 35.5. The van der Waals surface area contributed by atoms with E-state index in [1.54, 1.807) is 0 Å². The number of hydrogen-bond acceptors (Lipinski definition) is 2. The Kier molecular flexibility index (Phi) is 3.72. The first kappa shape index (κ1) is 13.8. The zero-order chi connectivity index (χ0) is 14.0. The molecule has 0 bridgehead atoms. The number of anilines is 1. The summed E-state index contributed by atoms with van der Waals surface area (Å²) < 4.78 is 26.5. The number of carbonyl (C=O) groups excluding carboxylic acids is 1. The van der Waals surface area contributed by atoms with Crippen molar-refractivity contribution in [2.45, 2.75) is 25.7 Å². The topological polar surface area (TPSA) is 52.9 Å². The molecule has 1 N–H and O–H groups in total. The molecule has 0 radical (unpaired) electrons. The molecular formula is C13H11ClF2N2O. The third kappa shape index (κ3) is 2.54. The molecule has 1 fully saturated rings. The van der Waals surface area contributed by atoms with Crippen LogP contribution in [0.3, 0.4) is 0 Å². The minimum Gasteiger partial charge on any atom is -0.321 e. The number of amides is 1. The Balaban J connectivity index is 2.27. The van der Waals surface area contributed by atoms with Crippen LogP contribution in [0.4, 0.5) is 14.5 Å². The summed E-state index contributed by atoms with van der Waals surface area (Å²) in [6.07, 6.45) is 2.44. The first-order valence-corrected chi connectivity index (χ1v) is 6.23. The smallest absolute Gasteiger partial charge is 0.244 e. The Morgan fingerprint density at radius 2 is 2.00 bits per heavy atom. The van der Waals surface area contributed by atoms with Crippen LogP contribution in [0.2, 0.25) is 5.02 Å². The Hall–Kier alpha value is -1.67. The van der Waals surface area contributed by atoms with Gasteiger partial charge in [0, 0.05) is 6.07 Å². The minimum atomic E-state index is -1.13. The van der Waals surface area contributed by atoms with Crippen molar-refractivity contribution >= 4 is 23.2 Å². The van der Waals surface area contributed by atoms with Gasteiger partial charge in [-0.05, 0) is 18.9 Å². The van der Waals surface area contributed by atoms with Gasteiger partial charge in [0.25, 0.3) is 0 Å². The highest BCUT2D eigenvalue weighted by Crippen LogP contribution is 2.39. The summed E-state index contributed by atoms with van der Waals surface area (Å²) in [4.78, 5) is 12.1. The van der Waals surface area contributed by atoms with Crippen molar-refractivity contribution < 1.29 is 13.6 Å². The second-order valence-electron chi connectivity index (χ2n) is 4.60. The average molecular weight is 285 g/mol. The fourth-order valence-corrected chi connectivity index (χ4v) is 2.50. The molecule has 1 aromatic carbocycles. The Morgan fingerprint density at radius 1 is 1.37 bits per heavy atom. The van der Waals surface area contributed by atoms with Crippen LogP contribution in [-0.4, -0.2) is 5.91 Å². The molecule has 0 spiro atoms. The van der Waals surface area contributed by atoms with Gasteiger partial charge in [-0.2, -0.15) is 5.26 Å². The van der Waals surface area contributed by atoms with Crippen LogP contribution >= 0.6 is 11.6 Å². The van der Waals surface area contributed by atoms with E-state index in [0.717, 1.165) is 18.9 Å². The maximum atomic E-state index is 13.6. The first-order chi connectivity index (χ1) is 8.98. The van der Waals surface area contributed by atoms with Crippen molar-refractivity contribution in [3.8, 4) is 6.07 Å². The molecule has 0 aliphatic heterocycles. The molecule has 0 aromatic heterocycles. The molecule has 100 valence electrons. The SMILES string of the molecule is N#CC1(C(=O)Nc2c(F)cc(F)cc2Cl)CCCC1. The van der Waals surface area contributed by atoms with Crippen LogP contribution in [0, 0.1) is 28.4 Å². The number of hydrogen-bond donors (Lipinski definition) is 1. The van der Waals surface area contributed by atoms with Crippen LogP contribution in [0.5, 0.6) is 0 Å². The van der Waals surface area contributed by atoms with Gasteiger partial charge in [-0.3, -0.25) is 4.79 Å². The van der Waals surface area contributed by atoms with Crippen molar-refractivity contribution in [3.05, 3.63) is 28.8 Å². The van der Waals surface area contributed by atoms with E-state index in [4.69, 9.17) is 16.9 Å². The molecule has 3 nitrogen and oxygen atoms in total. The molecule has 1 aliphatic rings. The standard InChI is InChI=1S/C13H11ClF2N2O/c14-9-5-8(15)6-10(16)11(9)18-12(19)13(7-17)3-1-2-4-13/h5-6H,1-4H2,(H,18,19). The van der Waals surface area contributed by atoms with E-state index < -0.39 is 23.0 Å². The lowest BCUT2D eigenvalue weighted by Gasteiger charge is -2.20. The summed E-state index contributed by atoms with van der Waals surface area (Å²) in [7, 11) is 0. The van der Waals surface area contributed by atoms with Crippen LogP contribution < -0.4 is 5.32 Å². The normalized spacial score (nSPS) is 16.9. The third-order valence-corrected chi connectivity index (χ3v) is 3.65. The molecule has 0 atom stereocenters. The van der Waals surface area contributed by atoms with Crippen molar-refractivity contribution in [2.75, 3.05) is 5.32 Å². The van der Waals surface area contributed by atoms with Gasteiger partial charge in [-0.15, -0.1) is 0 Å². The Morgan fingerprint density at radius 3 is 2.53 bits per heavy atom. The molecule has 1 amide bonds. The lowest BCUT2D eigenvalue weighted by Crippen LogP contribution is -2.32. The Labute approximate surface area is 114 Å². The monoisotopic (exact) mass is 284 g/mol. The van der Waals surface area contributed by atoms with Crippen molar-refractivity contribution in [3.63, 3.8) is 0 Å². The Bertz CT molecular complexity index is 539. The van der Waals surface area contributed by atoms with Crippen LogP contribution in [-0.2, 0) is 4.79 Å². The van der Waals surface area contributed by atoms with Gasteiger partial charge in [0.2, 0.25) is 5.91 Å². The number of nitrogens with one attached hydrogen (secondary N) is 1. The molecule has 0 heterocycles. The van der Waals surface area contributed by atoms with Crippen molar-refractivity contribution in [2.24, 2.45) is 5.41 Å². The molecule has 0 saturated heterocycles. The number of nitriles is 1. The molecular weight excluding hydrogens is 274 g/mol. The summed E-state index contributed by atoms with van der Waals surface area (Å²) in [6.45, 7) is 0. The molecule has 1 aromatic rings. The predicted molar refractivity (Wildman–Crippen MR) is 66.5 cm³/mol. The summed E-state index contributed by atoms with van der Waals surface area (Å²) in [5, 5.41) is 11.2. The molecule has 6 heteroatoms. The van der Waals surface area contributed by atoms with Gasteiger partial charge in [-0.1, -0.05) is 24.4 Å². The van der Waals surface area contributed by atoms with E-state index in [2.05, 4.69) is 5.32 Å². The number of benzene rings is 1. The molecule has 1 aliphatic carbocycles. The van der Waals surface area contributed by atoms with E-state index >= 15 is 0 Å². The fraction of sp³-hybridized carbons (Fsp3) is 0.385. The van der Waals surface area contributed by atoms with E-state index in [1.807, 2.05) is 6.07 Å². The molecule has 19 heavy (non-hydrogen) atoms. The quantitative estimate of drug-likeness (QED) is 0.901. The zero-order valence-corrected chi connectivity index (χ0v) is 10.7. The van der Waals surface area contributed by atoms with Gasteiger partial charge >= 0.3 is 0 Å². The summed E-state index contributed by atoms with van der Waals surface area (Å²) >= 11 is 5.70. The third-order valence-electron chi connectivity index (χ3n) is 3.35. The van der Waals surface area contributed by atoms with E-state index in [9.17, 15) is 13.6 Å². The number of carbonyl (C=O) groups is 1. The second kappa shape index (κ2) is 5.14. The summed E-state index contributed by atoms with van der Waals surface area (Å²) in [5.41, 5.74) is -1.42. The number of halogens is 3. The maximum Gasteiger partial charge on any atom is 0.244 e. The van der Waals surface area contributed by atoms with E-state index in [-0.39, 0.29) is 10.7 Å². The number of nitrogens with zero attached hydrogens (tertiary/aromatic N) is 1. The van der Waals surface area contributed by atoms with E-state index in [1.165, 1.54) is 0 Å². The van der Waals surface area contributed by atoms with Crippen LogP contribution in [0.25, 0.3) is 0 Å². The van der Waals surface area contributed by atoms with Crippen LogP contribution in [0.1, 0.15) is 25.7 Å². The first-order valence-electron chi connectivity index (χ1n) is 5.86. The summed E-state index contributed by atoms with van der Waals surface area (Å²) in [6, 6.07) is 3.54. The largest absolute Gasteiger partial charge is 0.321 e. The van der Waals surface area contributed by atoms with Gasteiger partial charge in [0.05, 0.1) is 16.8 Å². The molecule has 1 saturated carbocycles. The van der Waals surface area contributed by atoms with Crippen molar-refractivity contribution in [1.29, 1.82) is 5.26 Å². The maximum absolute atomic E-state index is 13.6. The number of rotatable bonds is 2. The van der Waals surface area contributed by atoms with Gasteiger partial charge in [-0.25, -0.2) is 8.78 Å². The summed E-state index contributed by atoms with van der Waals surface area (Å²) in [5.74, 6) is -2.36. The van der Waals surface area contributed by atoms with Gasteiger partial charge in [0.15, 0.2) is 5.82 Å². The van der Waals surface area contributed by atoms with Crippen molar-refractivity contribution in [1.82, 2.24) is 0 Å². The molecule has 0 unspecified atom stereocenters. The predicted octanol–water partition coefficient (Wildman–Crippen LogP) is 3.64. The van der Waals surface area contributed by atoms with Crippen LogP contribution in [0.15, 0.2) is 12.1 Å². The minimum absolute atomic E-state index is 0.225. The highest BCUT2D eigenvalue weighted by Gasteiger charge is 2.42. The highest BCUT2D eigenvalue weighted by molar-refractivity contribution is 6.33. The van der Waals surface area contributed by atoms with Gasteiger partial charge < -0.3 is 5.32 Å². The van der Waals surface area contributed by atoms with E-state index in [0.29, 0.717) is 18.9 Å². The zero-order valence-electron chi connectivity index (χ0n) is 9.97. The average Bonchev–Trinajstić information content (AvgIpc) is 2.83. The second-order valence-corrected chi connectivity index (χ2v) is 5.01. The lowest BCUT2D eigenvalue weighted by molar-refractivity contribution is -0.122.